The van der Waals surface area contributed by atoms with Crippen molar-refractivity contribution in [3.63, 3.8) is 0 Å². The van der Waals surface area contributed by atoms with Crippen LogP contribution in [-0.4, -0.2) is 4.98 Å². The topological polar surface area (TPSA) is 15.8 Å². The molecule has 0 spiro atoms. The monoisotopic (exact) mass is 213 g/mol. The van der Waals surface area contributed by atoms with Gasteiger partial charge in [0.2, 0.25) is 0 Å². The fourth-order valence-corrected chi connectivity index (χ4v) is 2.05. The van der Waals surface area contributed by atoms with E-state index < -0.39 is 0 Å². The summed E-state index contributed by atoms with van der Waals surface area (Å²) in [7, 11) is 0. The number of aromatic nitrogens is 1. The van der Waals surface area contributed by atoms with Gasteiger partial charge in [0.1, 0.15) is 0 Å². The molecule has 17 heavy (non-hydrogen) atoms. The standard InChI is InChI=1S/C16H7N/c1-3-11-5-7-15-13(9-11)14-10-12(4-2)6-8-16(14)17-15/h5-10,17H/q-2. The molecule has 78 valence electrons. The lowest BCUT2D eigenvalue weighted by Crippen LogP contribution is -1.74. The molecule has 0 atom stereocenters. The molecule has 0 fully saturated rings. The highest BCUT2D eigenvalue weighted by Crippen LogP contribution is 2.26. The molecule has 1 N–H and O–H groups in total. The molecule has 0 saturated heterocycles. The second-order valence-corrected chi connectivity index (χ2v) is 3.90. The Morgan fingerprint density at radius 3 is 1.65 bits per heavy atom. The quantitative estimate of drug-likeness (QED) is 0.436. The third kappa shape index (κ3) is 1.38. The third-order valence-electron chi connectivity index (χ3n) is 2.89. The van der Waals surface area contributed by atoms with Crippen molar-refractivity contribution >= 4 is 21.8 Å². The van der Waals surface area contributed by atoms with Gasteiger partial charge in [-0.3, -0.25) is 11.8 Å². The van der Waals surface area contributed by atoms with Gasteiger partial charge in [-0.2, -0.15) is 0 Å². The van der Waals surface area contributed by atoms with Crippen LogP contribution in [0, 0.1) is 24.7 Å². The van der Waals surface area contributed by atoms with Gasteiger partial charge < -0.3 is 17.8 Å². The summed E-state index contributed by atoms with van der Waals surface area (Å²) in [6.07, 6.45) is 14.3. The molecule has 0 saturated carbocycles. The summed E-state index contributed by atoms with van der Waals surface area (Å²) in [5.74, 6) is 4.77. The molecule has 1 heteroatoms. The molecule has 0 aliphatic carbocycles. The lowest BCUT2D eigenvalue weighted by molar-refractivity contribution is 1.54. The Balaban J connectivity index is 2.47. The van der Waals surface area contributed by atoms with Crippen molar-refractivity contribution < 1.29 is 0 Å². The number of H-pyrrole nitrogens is 1. The molecule has 3 rings (SSSR count). The van der Waals surface area contributed by atoms with E-state index in [0.29, 0.717) is 0 Å². The van der Waals surface area contributed by atoms with Gasteiger partial charge in [-0.15, -0.1) is 35.4 Å². The van der Waals surface area contributed by atoms with Crippen molar-refractivity contribution in [3.8, 4) is 11.8 Å². The highest BCUT2D eigenvalue weighted by molar-refractivity contribution is 6.08. The Hall–Kier alpha value is -2.64. The van der Waals surface area contributed by atoms with Crippen LogP contribution in [-0.2, 0) is 0 Å². The van der Waals surface area contributed by atoms with E-state index in [1.165, 1.54) is 0 Å². The maximum Gasteiger partial charge on any atom is 0.0434 e. The molecule has 0 radical (unpaired) electrons. The van der Waals surface area contributed by atoms with E-state index in [9.17, 15) is 0 Å². The van der Waals surface area contributed by atoms with Crippen molar-refractivity contribution in [2.75, 3.05) is 0 Å². The number of benzene rings is 2. The molecule has 1 nitrogen and oxygen atoms in total. The van der Waals surface area contributed by atoms with E-state index in [2.05, 4.69) is 16.8 Å². The summed E-state index contributed by atoms with van der Waals surface area (Å²) < 4.78 is 0. The zero-order valence-electron chi connectivity index (χ0n) is 8.96. The molecule has 0 unspecified atom stereocenters. The number of fused-ring (bicyclic) bond motifs is 3. The number of aromatic amines is 1. The molecule has 0 aliphatic heterocycles. The molecule has 0 amide bonds. The van der Waals surface area contributed by atoms with Gasteiger partial charge in [0, 0.05) is 11.0 Å². The first-order valence-corrected chi connectivity index (χ1v) is 5.23. The molecule has 1 heterocycles. The second kappa shape index (κ2) is 3.44. The Morgan fingerprint density at radius 2 is 1.24 bits per heavy atom. The van der Waals surface area contributed by atoms with E-state index in [-0.39, 0.29) is 0 Å². The average Bonchev–Trinajstić information content (AvgIpc) is 2.75. The van der Waals surface area contributed by atoms with Crippen LogP contribution in [0.15, 0.2) is 36.4 Å². The van der Waals surface area contributed by atoms with Crippen LogP contribution in [0.4, 0.5) is 0 Å². The SMILES string of the molecule is [C-]#Cc1ccc2[nH]c3ccc(C#[C-])cc3c2c1. The summed E-state index contributed by atoms with van der Waals surface area (Å²) in [5, 5.41) is 2.10. The first-order valence-electron chi connectivity index (χ1n) is 5.23. The highest BCUT2D eigenvalue weighted by Gasteiger charge is 2.00. The fourth-order valence-electron chi connectivity index (χ4n) is 2.05. The van der Waals surface area contributed by atoms with Crippen LogP contribution in [0.3, 0.4) is 0 Å². The average molecular weight is 213 g/mol. The zero-order valence-corrected chi connectivity index (χ0v) is 8.96. The number of rotatable bonds is 0. The third-order valence-corrected chi connectivity index (χ3v) is 2.89. The van der Waals surface area contributed by atoms with Crippen LogP contribution in [0.2, 0.25) is 0 Å². The normalized spacial score (nSPS) is 10.2. The van der Waals surface area contributed by atoms with Gasteiger partial charge in [-0.1, -0.05) is 12.1 Å². The molecule has 0 aliphatic rings. The smallest absolute Gasteiger partial charge is 0.0434 e. The number of nitrogens with one attached hydrogen (secondary N) is 1. The molecular weight excluding hydrogens is 206 g/mol. The largest absolute Gasteiger partial charge is 0.366 e. The van der Waals surface area contributed by atoms with Gasteiger partial charge in [0.05, 0.1) is 0 Å². The fraction of sp³-hybridized carbons (Fsp3) is 0. The summed E-state index contributed by atoms with van der Waals surface area (Å²) >= 11 is 0. The highest BCUT2D eigenvalue weighted by atomic mass is 14.7. The van der Waals surface area contributed by atoms with E-state index in [1.807, 2.05) is 36.4 Å². The number of hydrogen-bond acceptors (Lipinski definition) is 0. The molecule has 0 bridgehead atoms. The Morgan fingerprint density at radius 1 is 0.765 bits per heavy atom. The van der Waals surface area contributed by atoms with Crippen molar-refractivity contribution in [2.24, 2.45) is 0 Å². The number of hydrogen-bond donors (Lipinski definition) is 1. The summed E-state index contributed by atoms with van der Waals surface area (Å²) in [6.45, 7) is 0. The minimum absolute atomic E-state index is 0.752. The summed E-state index contributed by atoms with van der Waals surface area (Å²) in [6, 6.07) is 11.5. The van der Waals surface area contributed by atoms with Gasteiger partial charge in [-0.25, -0.2) is 0 Å². The lowest BCUT2D eigenvalue weighted by Gasteiger charge is -2.02. The van der Waals surface area contributed by atoms with Crippen LogP contribution in [0.25, 0.3) is 21.8 Å². The first kappa shape index (κ1) is 9.58. The molecular formula is C16H7N-2. The van der Waals surface area contributed by atoms with Crippen molar-refractivity contribution in [1.82, 2.24) is 4.98 Å². The van der Waals surface area contributed by atoms with Gasteiger partial charge in [0.25, 0.3) is 0 Å². The molecule has 2 aromatic carbocycles. The second-order valence-electron chi connectivity index (χ2n) is 3.90. The maximum atomic E-state index is 7.16. The van der Waals surface area contributed by atoms with Gasteiger partial charge in [-0.05, 0) is 10.8 Å². The maximum absolute atomic E-state index is 7.16. The van der Waals surface area contributed by atoms with Crippen LogP contribution in [0.1, 0.15) is 11.1 Å². The van der Waals surface area contributed by atoms with E-state index in [0.717, 1.165) is 32.9 Å². The Labute approximate surface area is 99.5 Å². The predicted molar refractivity (Wildman–Crippen MR) is 68.3 cm³/mol. The zero-order chi connectivity index (χ0) is 11.8. The van der Waals surface area contributed by atoms with Crippen molar-refractivity contribution in [3.05, 3.63) is 60.4 Å². The minimum Gasteiger partial charge on any atom is -0.366 e. The van der Waals surface area contributed by atoms with E-state index >= 15 is 0 Å². The van der Waals surface area contributed by atoms with Crippen LogP contribution >= 0.6 is 0 Å². The van der Waals surface area contributed by atoms with Gasteiger partial charge in [0.15, 0.2) is 0 Å². The lowest BCUT2D eigenvalue weighted by atomic mass is 10.1. The van der Waals surface area contributed by atoms with Crippen LogP contribution < -0.4 is 0 Å². The van der Waals surface area contributed by atoms with E-state index in [1.54, 1.807) is 0 Å². The summed E-state index contributed by atoms with van der Waals surface area (Å²) in [4.78, 5) is 3.30. The van der Waals surface area contributed by atoms with Crippen molar-refractivity contribution in [1.29, 1.82) is 0 Å². The molecule has 3 aromatic rings. The van der Waals surface area contributed by atoms with Crippen molar-refractivity contribution in [2.45, 2.75) is 0 Å². The predicted octanol–water partition coefficient (Wildman–Crippen LogP) is 3.20. The summed E-state index contributed by atoms with van der Waals surface area (Å²) in [5.41, 5.74) is 3.56. The Kier molecular flexibility index (Phi) is 1.94. The molecule has 1 aromatic heterocycles. The van der Waals surface area contributed by atoms with Crippen LogP contribution in [0.5, 0.6) is 0 Å². The Bertz CT molecular complexity index is 739. The van der Waals surface area contributed by atoms with Gasteiger partial charge >= 0.3 is 0 Å². The minimum atomic E-state index is 0.752. The first-order chi connectivity index (χ1) is 8.31. The van der Waals surface area contributed by atoms with E-state index in [4.69, 9.17) is 12.8 Å².